The van der Waals surface area contributed by atoms with Crippen LogP contribution < -0.4 is 11.1 Å². The first-order valence-corrected chi connectivity index (χ1v) is 8.49. The SMILES string of the molecule is CC(N)CC(C)NC(=O)CC12CC3CC(CC(C3)C1)C2. The Labute approximate surface area is 123 Å². The van der Waals surface area contributed by atoms with Crippen LogP contribution in [0.1, 0.15) is 65.2 Å². The van der Waals surface area contributed by atoms with Crippen molar-refractivity contribution in [2.75, 3.05) is 0 Å². The highest BCUT2D eigenvalue weighted by Crippen LogP contribution is 2.61. The highest BCUT2D eigenvalue weighted by atomic mass is 16.1. The van der Waals surface area contributed by atoms with E-state index >= 15 is 0 Å². The number of hydrogen-bond acceptors (Lipinski definition) is 2. The summed E-state index contributed by atoms with van der Waals surface area (Å²) in [5, 5.41) is 3.17. The van der Waals surface area contributed by atoms with Crippen LogP contribution in [-0.4, -0.2) is 18.0 Å². The predicted octanol–water partition coefficient (Wildman–Crippen LogP) is 2.83. The van der Waals surface area contributed by atoms with Crippen molar-refractivity contribution < 1.29 is 4.79 Å². The van der Waals surface area contributed by atoms with Gasteiger partial charge in [0.15, 0.2) is 0 Å². The summed E-state index contributed by atoms with van der Waals surface area (Å²) in [6.45, 7) is 4.07. The van der Waals surface area contributed by atoms with Crippen molar-refractivity contribution >= 4 is 5.91 Å². The van der Waals surface area contributed by atoms with Crippen molar-refractivity contribution in [2.45, 2.75) is 77.3 Å². The van der Waals surface area contributed by atoms with Crippen LogP contribution in [0, 0.1) is 23.2 Å². The molecule has 4 saturated carbocycles. The molecule has 3 nitrogen and oxygen atoms in total. The molecule has 0 aromatic carbocycles. The van der Waals surface area contributed by atoms with Crippen molar-refractivity contribution in [3.63, 3.8) is 0 Å². The third-order valence-corrected chi connectivity index (χ3v) is 5.83. The molecule has 4 rings (SSSR count). The van der Waals surface area contributed by atoms with Crippen molar-refractivity contribution in [1.82, 2.24) is 5.32 Å². The Balaban J connectivity index is 1.56. The third kappa shape index (κ3) is 3.03. The zero-order chi connectivity index (χ0) is 14.3. The van der Waals surface area contributed by atoms with Gasteiger partial charge in [-0.15, -0.1) is 0 Å². The van der Waals surface area contributed by atoms with Crippen molar-refractivity contribution in [3.8, 4) is 0 Å². The molecule has 3 N–H and O–H groups in total. The van der Waals surface area contributed by atoms with Crippen molar-refractivity contribution in [2.24, 2.45) is 28.9 Å². The number of nitrogens with one attached hydrogen (secondary N) is 1. The summed E-state index contributed by atoms with van der Waals surface area (Å²) < 4.78 is 0. The maximum absolute atomic E-state index is 12.4. The molecule has 20 heavy (non-hydrogen) atoms. The fourth-order valence-electron chi connectivity index (χ4n) is 5.79. The summed E-state index contributed by atoms with van der Waals surface area (Å²) in [6.07, 6.45) is 9.91. The van der Waals surface area contributed by atoms with Gasteiger partial charge >= 0.3 is 0 Å². The van der Waals surface area contributed by atoms with Gasteiger partial charge in [0.1, 0.15) is 0 Å². The largest absolute Gasteiger partial charge is 0.354 e. The van der Waals surface area contributed by atoms with Gasteiger partial charge < -0.3 is 11.1 Å². The second kappa shape index (κ2) is 5.32. The zero-order valence-electron chi connectivity index (χ0n) is 13.0. The number of carbonyl (C=O) groups excluding carboxylic acids is 1. The fraction of sp³-hybridized carbons (Fsp3) is 0.941. The van der Waals surface area contributed by atoms with E-state index in [4.69, 9.17) is 5.73 Å². The lowest BCUT2D eigenvalue weighted by Crippen LogP contribution is -2.48. The average Bonchev–Trinajstić information content (AvgIpc) is 2.23. The van der Waals surface area contributed by atoms with Crippen LogP contribution >= 0.6 is 0 Å². The van der Waals surface area contributed by atoms with Crippen LogP contribution in [0.2, 0.25) is 0 Å². The van der Waals surface area contributed by atoms with E-state index in [0.717, 1.165) is 30.6 Å². The van der Waals surface area contributed by atoms with E-state index in [0.29, 0.717) is 5.41 Å². The van der Waals surface area contributed by atoms with Gasteiger partial charge in [-0.2, -0.15) is 0 Å². The van der Waals surface area contributed by atoms with E-state index in [-0.39, 0.29) is 18.0 Å². The van der Waals surface area contributed by atoms with E-state index < -0.39 is 0 Å². The van der Waals surface area contributed by atoms with Gasteiger partial charge in [-0.05, 0) is 82.0 Å². The Bertz CT molecular complexity index is 342. The lowest BCUT2D eigenvalue weighted by Gasteiger charge is -2.56. The number of hydrogen-bond donors (Lipinski definition) is 2. The summed E-state index contributed by atoms with van der Waals surface area (Å²) in [5.41, 5.74) is 6.16. The summed E-state index contributed by atoms with van der Waals surface area (Å²) in [4.78, 5) is 12.4. The Morgan fingerprint density at radius 3 is 2.10 bits per heavy atom. The summed E-state index contributed by atoms with van der Waals surface area (Å²) in [7, 11) is 0. The molecule has 2 atom stereocenters. The van der Waals surface area contributed by atoms with E-state index in [9.17, 15) is 4.79 Å². The number of rotatable bonds is 5. The van der Waals surface area contributed by atoms with E-state index in [1.807, 2.05) is 6.92 Å². The quantitative estimate of drug-likeness (QED) is 0.812. The molecule has 0 radical (unpaired) electrons. The van der Waals surface area contributed by atoms with Crippen LogP contribution in [0.15, 0.2) is 0 Å². The molecule has 0 saturated heterocycles. The molecule has 1 amide bonds. The Kier molecular flexibility index (Phi) is 3.83. The van der Waals surface area contributed by atoms with Gasteiger partial charge in [-0.25, -0.2) is 0 Å². The summed E-state index contributed by atoms with van der Waals surface area (Å²) in [5.74, 6) is 3.04. The monoisotopic (exact) mass is 278 g/mol. The minimum atomic E-state index is 0.157. The molecule has 114 valence electrons. The average molecular weight is 278 g/mol. The van der Waals surface area contributed by atoms with Gasteiger partial charge in [0.05, 0.1) is 0 Å². The molecule has 3 heteroatoms. The van der Waals surface area contributed by atoms with E-state index in [1.54, 1.807) is 0 Å². The molecular formula is C17H30N2O. The second-order valence-electron chi connectivity index (χ2n) is 8.28. The molecule has 0 aromatic heterocycles. The molecule has 0 heterocycles. The summed E-state index contributed by atoms with van der Waals surface area (Å²) in [6, 6.07) is 0.362. The van der Waals surface area contributed by atoms with Crippen LogP contribution in [0.3, 0.4) is 0 Å². The van der Waals surface area contributed by atoms with Gasteiger partial charge in [-0.3, -0.25) is 4.79 Å². The normalized spacial score (nSPS) is 41.5. The first kappa shape index (κ1) is 14.4. The number of carbonyl (C=O) groups is 1. The van der Waals surface area contributed by atoms with E-state index in [2.05, 4.69) is 12.2 Å². The van der Waals surface area contributed by atoms with Crippen LogP contribution in [0.25, 0.3) is 0 Å². The van der Waals surface area contributed by atoms with E-state index in [1.165, 1.54) is 38.5 Å². The molecule has 4 aliphatic carbocycles. The minimum Gasteiger partial charge on any atom is -0.354 e. The standard InChI is InChI=1S/C17H30N2O/c1-11(18)3-12(2)19-16(20)10-17-7-13-4-14(8-17)6-15(5-13)9-17/h11-15H,3-10,18H2,1-2H3,(H,19,20). The van der Waals surface area contributed by atoms with Gasteiger partial charge in [0, 0.05) is 18.5 Å². The molecule has 4 fully saturated rings. The first-order chi connectivity index (χ1) is 9.44. The Morgan fingerprint density at radius 2 is 1.65 bits per heavy atom. The zero-order valence-corrected chi connectivity index (χ0v) is 13.0. The maximum atomic E-state index is 12.4. The topological polar surface area (TPSA) is 55.1 Å². The predicted molar refractivity (Wildman–Crippen MR) is 81.1 cm³/mol. The summed E-state index contributed by atoms with van der Waals surface area (Å²) >= 11 is 0. The van der Waals surface area contributed by atoms with Gasteiger partial charge in [-0.1, -0.05) is 0 Å². The number of amides is 1. The molecule has 0 aromatic rings. The highest BCUT2D eigenvalue weighted by molar-refractivity contribution is 5.77. The molecule has 2 unspecified atom stereocenters. The smallest absolute Gasteiger partial charge is 0.220 e. The molecule has 0 aliphatic heterocycles. The third-order valence-electron chi connectivity index (χ3n) is 5.83. The Morgan fingerprint density at radius 1 is 1.15 bits per heavy atom. The fourth-order valence-corrected chi connectivity index (χ4v) is 5.79. The minimum absolute atomic E-state index is 0.157. The van der Waals surface area contributed by atoms with Gasteiger partial charge in [0.25, 0.3) is 0 Å². The number of nitrogens with two attached hydrogens (primary N) is 1. The molecular weight excluding hydrogens is 248 g/mol. The Hall–Kier alpha value is -0.570. The molecule has 0 spiro atoms. The van der Waals surface area contributed by atoms with Crippen molar-refractivity contribution in [3.05, 3.63) is 0 Å². The maximum Gasteiger partial charge on any atom is 0.220 e. The lowest BCUT2D eigenvalue weighted by molar-refractivity contribution is -0.130. The van der Waals surface area contributed by atoms with Crippen LogP contribution in [-0.2, 0) is 4.79 Å². The first-order valence-electron chi connectivity index (χ1n) is 8.49. The molecule has 4 aliphatic rings. The van der Waals surface area contributed by atoms with Gasteiger partial charge in [0.2, 0.25) is 5.91 Å². The second-order valence-corrected chi connectivity index (χ2v) is 8.28. The van der Waals surface area contributed by atoms with Crippen molar-refractivity contribution in [1.29, 1.82) is 0 Å². The van der Waals surface area contributed by atoms with Crippen LogP contribution in [0.5, 0.6) is 0 Å². The highest BCUT2D eigenvalue weighted by Gasteiger charge is 2.51. The molecule has 4 bridgehead atoms. The lowest BCUT2D eigenvalue weighted by atomic mass is 9.49. The van der Waals surface area contributed by atoms with Crippen LogP contribution in [0.4, 0.5) is 0 Å².